The summed E-state index contributed by atoms with van der Waals surface area (Å²) in [6.45, 7) is 2.25. The summed E-state index contributed by atoms with van der Waals surface area (Å²) in [6, 6.07) is 0.338. The highest BCUT2D eigenvalue weighted by Gasteiger charge is 2.45. The predicted molar refractivity (Wildman–Crippen MR) is 75.4 cm³/mol. The summed E-state index contributed by atoms with van der Waals surface area (Å²) >= 11 is 0. The molecule has 2 fully saturated rings. The quantitative estimate of drug-likeness (QED) is 0.729. The van der Waals surface area contributed by atoms with Crippen LogP contribution in [0.4, 0.5) is 0 Å². The van der Waals surface area contributed by atoms with Crippen LogP contribution < -0.4 is 5.73 Å². The van der Waals surface area contributed by atoms with Crippen molar-refractivity contribution in [3.05, 3.63) is 0 Å². The lowest BCUT2D eigenvalue weighted by atomic mass is 9.58. The zero-order chi connectivity index (χ0) is 13.0. The Morgan fingerprint density at radius 2 is 2.17 bits per heavy atom. The first-order valence-corrected chi connectivity index (χ1v) is 7.96. The Labute approximate surface area is 112 Å². The van der Waals surface area contributed by atoms with Gasteiger partial charge in [0.1, 0.15) is 5.78 Å². The molecule has 2 saturated carbocycles. The van der Waals surface area contributed by atoms with Gasteiger partial charge in [-0.05, 0) is 37.5 Å². The van der Waals surface area contributed by atoms with Crippen molar-refractivity contribution in [3.8, 4) is 0 Å². The van der Waals surface area contributed by atoms with Crippen molar-refractivity contribution >= 4 is 5.78 Å². The average Bonchev–Trinajstić information content (AvgIpc) is 2.40. The van der Waals surface area contributed by atoms with Gasteiger partial charge in [-0.2, -0.15) is 0 Å². The Morgan fingerprint density at radius 3 is 2.94 bits per heavy atom. The lowest BCUT2D eigenvalue weighted by Crippen LogP contribution is -2.49. The first-order chi connectivity index (χ1) is 8.68. The van der Waals surface area contributed by atoms with Gasteiger partial charge in [-0.25, -0.2) is 0 Å². The lowest BCUT2D eigenvalue weighted by Gasteiger charge is -2.48. The second-order valence-electron chi connectivity index (χ2n) is 6.58. The predicted octanol–water partition coefficient (Wildman–Crippen LogP) is 3.82. The average molecular weight is 251 g/mol. The number of hydrogen-bond donors (Lipinski definition) is 1. The van der Waals surface area contributed by atoms with Crippen LogP contribution in [0.2, 0.25) is 0 Å². The third kappa shape index (κ3) is 2.96. The molecule has 2 bridgehead atoms. The number of carbonyl (C=O) groups excluding carboxylic acids is 1. The van der Waals surface area contributed by atoms with E-state index in [1.807, 2.05) is 0 Å². The van der Waals surface area contributed by atoms with Gasteiger partial charge in [-0.15, -0.1) is 0 Å². The summed E-state index contributed by atoms with van der Waals surface area (Å²) in [6.07, 6.45) is 13.0. The topological polar surface area (TPSA) is 43.1 Å². The molecule has 2 heteroatoms. The molecule has 2 aliphatic rings. The van der Waals surface area contributed by atoms with Crippen LogP contribution in [0.5, 0.6) is 0 Å². The highest BCUT2D eigenvalue weighted by Crippen LogP contribution is 2.50. The largest absolute Gasteiger partial charge is 0.327 e. The molecular formula is C16H29NO. The van der Waals surface area contributed by atoms with Crippen molar-refractivity contribution in [3.63, 3.8) is 0 Å². The van der Waals surface area contributed by atoms with E-state index >= 15 is 0 Å². The second kappa shape index (κ2) is 6.18. The van der Waals surface area contributed by atoms with Crippen molar-refractivity contribution in [1.82, 2.24) is 0 Å². The third-order valence-corrected chi connectivity index (χ3v) is 5.36. The fourth-order valence-electron chi connectivity index (χ4n) is 4.09. The van der Waals surface area contributed by atoms with E-state index in [4.69, 9.17) is 5.73 Å². The van der Waals surface area contributed by atoms with Gasteiger partial charge in [0.05, 0.1) is 0 Å². The van der Waals surface area contributed by atoms with E-state index < -0.39 is 0 Å². The first kappa shape index (κ1) is 14.0. The van der Waals surface area contributed by atoms with Crippen LogP contribution in [-0.2, 0) is 4.79 Å². The minimum atomic E-state index is 0.322. The maximum absolute atomic E-state index is 11.8. The molecule has 0 aromatic carbocycles. The van der Waals surface area contributed by atoms with E-state index in [-0.39, 0.29) is 0 Å². The number of unbranched alkanes of at least 4 members (excludes halogenated alkanes) is 3. The fourth-order valence-corrected chi connectivity index (χ4v) is 4.09. The highest BCUT2D eigenvalue weighted by molar-refractivity contribution is 5.82. The molecule has 2 nitrogen and oxygen atoms in total. The monoisotopic (exact) mass is 251 g/mol. The molecule has 2 aliphatic carbocycles. The van der Waals surface area contributed by atoms with E-state index in [1.54, 1.807) is 0 Å². The zero-order valence-corrected chi connectivity index (χ0v) is 11.9. The summed E-state index contributed by atoms with van der Waals surface area (Å²) in [5.74, 6) is 0.873. The number of hydrogen-bond acceptors (Lipinski definition) is 2. The molecule has 18 heavy (non-hydrogen) atoms. The summed E-state index contributed by atoms with van der Waals surface area (Å²) in [4.78, 5) is 11.8. The Bertz CT molecular complexity index is 289. The van der Waals surface area contributed by atoms with Crippen LogP contribution in [-0.4, -0.2) is 11.8 Å². The zero-order valence-electron chi connectivity index (χ0n) is 11.9. The molecule has 104 valence electrons. The third-order valence-electron chi connectivity index (χ3n) is 5.36. The minimum Gasteiger partial charge on any atom is -0.327 e. The van der Waals surface area contributed by atoms with Crippen LogP contribution in [0.1, 0.15) is 77.6 Å². The van der Waals surface area contributed by atoms with Gasteiger partial charge in [0, 0.05) is 18.4 Å². The van der Waals surface area contributed by atoms with Gasteiger partial charge in [-0.1, -0.05) is 39.0 Å². The van der Waals surface area contributed by atoms with Gasteiger partial charge >= 0.3 is 0 Å². The molecule has 3 unspecified atom stereocenters. The molecule has 3 atom stereocenters. The Kier molecular flexibility index (Phi) is 4.83. The number of Topliss-reactive ketones (excluding diaryl/α,β-unsaturated/α-hetero) is 1. The Balaban J connectivity index is 1.87. The molecule has 0 aromatic heterocycles. The number of rotatable bonds is 6. The van der Waals surface area contributed by atoms with Crippen molar-refractivity contribution < 1.29 is 4.79 Å². The smallest absolute Gasteiger partial charge is 0.136 e. The maximum Gasteiger partial charge on any atom is 0.136 e. The number of nitrogens with two attached hydrogens (primary N) is 1. The van der Waals surface area contributed by atoms with Gasteiger partial charge < -0.3 is 5.73 Å². The van der Waals surface area contributed by atoms with E-state index in [1.165, 1.54) is 44.9 Å². The van der Waals surface area contributed by atoms with E-state index in [0.29, 0.717) is 23.2 Å². The van der Waals surface area contributed by atoms with Crippen LogP contribution in [0.3, 0.4) is 0 Å². The highest BCUT2D eigenvalue weighted by atomic mass is 16.1. The van der Waals surface area contributed by atoms with Crippen molar-refractivity contribution in [1.29, 1.82) is 0 Å². The summed E-state index contributed by atoms with van der Waals surface area (Å²) in [7, 11) is 0. The summed E-state index contributed by atoms with van der Waals surface area (Å²) < 4.78 is 0. The molecule has 2 N–H and O–H groups in total. The molecule has 0 spiro atoms. The van der Waals surface area contributed by atoms with Crippen molar-refractivity contribution in [2.75, 3.05) is 0 Å². The maximum atomic E-state index is 11.8. The van der Waals surface area contributed by atoms with Crippen LogP contribution in [0.25, 0.3) is 0 Å². The van der Waals surface area contributed by atoms with E-state index in [0.717, 1.165) is 25.7 Å². The normalized spacial score (nSPS) is 33.4. The molecule has 0 aliphatic heterocycles. The summed E-state index contributed by atoms with van der Waals surface area (Å²) in [5, 5.41) is 0. The van der Waals surface area contributed by atoms with Gasteiger partial charge in [-0.3, -0.25) is 4.79 Å². The summed E-state index contributed by atoms with van der Waals surface area (Å²) in [5.41, 5.74) is 6.83. The SMILES string of the molecule is CCCCCCC(N)C12CCCC(C1)C(=O)CC2. The molecule has 0 radical (unpaired) electrons. The van der Waals surface area contributed by atoms with Crippen molar-refractivity contribution in [2.24, 2.45) is 17.1 Å². The first-order valence-electron chi connectivity index (χ1n) is 7.96. The number of carbonyl (C=O) groups is 1. The Morgan fingerprint density at radius 1 is 1.33 bits per heavy atom. The molecule has 2 rings (SSSR count). The fraction of sp³-hybridized carbons (Fsp3) is 0.938. The van der Waals surface area contributed by atoms with Crippen LogP contribution >= 0.6 is 0 Å². The number of ketones is 1. The van der Waals surface area contributed by atoms with Crippen LogP contribution in [0, 0.1) is 11.3 Å². The van der Waals surface area contributed by atoms with Gasteiger partial charge in [0.15, 0.2) is 0 Å². The molecule has 0 amide bonds. The molecular weight excluding hydrogens is 222 g/mol. The lowest BCUT2D eigenvalue weighted by molar-refractivity contribution is -0.130. The minimum absolute atomic E-state index is 0.322. The molecule has 0 saturated heterocycles. The standard InChI is InChI=1S/C16H29NO/c1-2-3-4-5-8-15(17)16-10-6-7-13(12-16)14(18)9-11-16/h13,15H,2-12,17H2,1H3. The van der Waals surface area contributed by atoms with Gasteiger partial charge in [0.2, 0.25) is 0 Å². The van der Waals surface area contributed by atoms with E-state index in [2.05, 4.69) is 6.92 Å². The molecule has 0 aromatic rings. The van der Waals surface area contributed by atoms with Gasteiger partial charge in [0.25, 0.3) is 0 Å². The molecule has 0 heterocycles. The Hall–Kier alpha value is -0.370. The second-order valence-corrected chi connectivity index (χ2v) is 6.58. The van der Waals surface area contributed by atoms with E-state index in [9.17, 15) is 4.79 Å². The number of fused-ring (bicyclic) bond motifs is 2. The van der Waals surface area contributed by atoms with Crippen molar-refractivity contribution in [2.45, 2.75) is 83.6 Å². The van der Waals surface area contributed by atoms with Crippen LogP contribution in [0.15, 0.2) is 0 Å².